The number of aliphatic hydroxyl groups excluding tert-OH is 2. The van der Waals surface area contributed by atoms with Crippen molar-refractivity contribution in [2.24, 2.45) is 0 Å². The predicted molar refractivity (Wildman–Crippen MR) is 58.6 cm³/mol. The molecule has 0 saturated carbocycles. The zero-order valence-electron chi connectivity index (χ0n) is 8.89. The van der Waals surface area contributed by atoms with Crippen molar-refractivity contribution in [3.63, 3.8) is 0 Å². The topological polar surface area (TPSA) is 40.5 Å². The van der Waals surface area contributed by atoms with Crippen LogP contribution in [0.15, 0.2) is 0 Å². The van der Waals surface area contributed by atoms with Crippen molar-refractivity contribution >= 4 is 16.1 Å². The highest BCUT2D eigenvalue weighted by Crippen LogP contribution is 2.30. The van der Waals surface area contributed by atoms with Crippen molar-refractivity contribution in [2.45, 2.75) is 38.3 Å². The van der Waals surface area contributed by atoms with Gasteiger partial charge in [-0.05, 0) is 5.16 Å². The summed E-state index contributed by atoms with van der Waals surface area (Å²) in [6.07, 6.45) is 0.676. The van der Waals surface area contributed by atoms with Gasteiger partial charge >= 0.3 is 0 Å². The SMILES string of the molecule is CC([Si](C)(C)CO)[Si](C)(C)CO. The van der Waals surface area contributed by atoms with Crippen LogP contribution in [0.1, 0.15) is 6.92 Å². The molecule has 0 aromatic rings. The monoisotopic (exact) mass is 206 g/mol. The van der Waals surface area contributed by atoms with Crippen LogP contribution in [0.2, 0.25) is 31.4 Å². The van der Waals surface area contributed by atoms with Crippen molar-refractivity contribution < 1.29 is 10.2 Å². The molecule has 0 rings (SSSR count). The van der Waals surface area contributed by atoms with Gasteiger partial charge in [-0.3, -0.25) is 0 Å². The number of hydrogen-bond acceptors (Lipinski definition) is 2. The molecule has 0 radical (unpaired) electrons. The smallest absolute Gasteiger partial charge is 0.0775 e. The first kappa shape index (κ1) is 12.4. The molecule has 74 valence electrons. The molecular formula is C8H22O2Si2. The zero-order valence-corrected chi connectivity index (χ0v) is 10.9. The largest absolute Gasteiger partial charge is 0.400 e. The van der Waals surface area contributed by atoms with E-state index in [1.165, 1.54) is 0 Å². The van der Waals surface area contributed by atoms with Crippen LogP contribution >= 0.6 is 0 Å². The Hall–Kier alpha value is 0.354. The van der Waals surface area contributed by atoms with Crippen LogP contribution < -0.4 is 0 Å². The highest BCUT2D eigenvalue weighted by Gasteiger charge is 2.39. The summed E-state index contributed by atoms with van der Waals surface area (Å²) in [6.45, 7) is 11.0. The fraction of sp³-hybridized carbons (Fsp3) is 1.00. The Labute approximate surface area is 77.6 Å². The Morgan fingerprint density at radius 2 is 1.17 bits per heavy atom. The first-order valence-electron chi connectivity index (χ1n) is 4.49. The normalized spacial score (nSPS) is 14.0. The third-order valence-corrected chi connectivity index (χ3v) is 14.2. The van der Waals surface area contributed by atoms with Gasteiger partial charge in [0.05, 0.1) is 16.1 Å². The van der Waals surface area contributed by atoms with Gasteiger partial charge in [0.1, 0.15) is 0 Å². The van der Waals surface area contributed by atoms with Gasteiger partial charge in [-0.25, -0.2) is 0 Å². The van der Waals surface area contributed by atoms with E-state index >= 15 is 0 Å². The lowest BCUT2D eigenvalue weighted by atomic mass is 10.9. The molecule has 2 nitrogen and oxygen atoms in total. The first-order chi connectivity index (χ1) is 5.28. The predicted octanol–water partition coefficient (Wildman–Crippen LogP) is 1.40. The minimum absolute atomic E-state index is 0.338. The second-order valence-corrected chi connectivity index (χ2v) is 15.9. The van der Waals surface area contributed by atoms with E-state index in [1.54, 1.807) is 0 Å². The molecule has 0 saturated heterocycles. The van der Waals surface area contributed by atoms with E-state index in [0.29, 0.717) is 17.6 Å². The molecule has 0 amide bonds. The van der Waals surface area contributed by atoms with Crippen LogP contribution in [0.3, 0.4) is 0 Å². The molecule has 12 heavy (non-hydrogen) atoms. The molecule has 0 aromatic carbocycles. The van der Waals surface area contributed by atoms with E-state index in [0.717, 1.165) is 0 Å². The van der Waals surface area contributed by atoms with Crippen molar-refractivity contribution in [3.05, 3.63) is 0 Å². The molecule has 0 aliphatic rings. The fourth-order valence-corrected chi connectivity index (χ4v) is 10.9. The Balaban J connectivity index is 4.47. The summed E-state index contributed by atoms with van der Waals surface area (Å²) in [6, 6.07) is 0. The maximum Gasteiger partial charge on any atom is 0.0775 e. The van der Waals surface area contributed by atoms with E-state index < -0.39 is 16.1 Å². The molecule has 0 aliphatic heterocycles. The maximum absolute atomic E-state index is 9.23. The van der Waals surface area contributed by atoms with Gasteiger partial charge in [0.15, 0.2) is 0 Å². The van der Waals surface area contributed by atoms with E-state index in [1.807, 2.05) is 0 Å². The summed E-state index contributed by atoms with van der Waals surface area (Å²) in [5.41, 5.74) is 0. The number of hydrogen-bond donors (Lipinski definition) is 2. The summed E-state index contributed by atoms with van der Waals surface area (Å²) >= 11 is 0. The molecule has 2 N–H and O–H groups in total. The van der Waals surface area contributed by atoms with Gasteiger partial charge in [0, 0.05) is 12.5 Å². The Bertz CT molecular complexity index is 130. The van der Waals surface area contributed by atoms with Gasteiger partial charge in [-0.15, -0.1) is 0 Å². The molecule has 0 aliphatic carbocycles. The number of aliphatic hydroxyl groups is 2. The molecular weight excluding hydrogens is 184 g/mol. The van der Waals surface area contributed by atoms with Gasteiger partial charge < -0.3 is 10.2 Å². The highest BCUT2D eigenvalue weighted by atomic mass is 28.4. The highest BCUT2D eigenvalue weighted by molar-refractivity contribution is 6.97. The number of rotatable bonds is 4. The maximum atomic E-state index is 9.23. The lowest BCUT2D eigenvalue weighted by molar-refractivity contribution is 0.351. The van der Waals surface area contributed by atoms with Crippen LogP contribution in [0.5, 0.6) is 0 Å². The van der Waals surface area contributed by atoms with Crippen LogP contribution in [-0.2, 0) is 0 Å². The van der Waals surface area contributed by atoms with E-state index in [2.05, 4.69) is 33.1 Å². The minimum Gasteiger partial charge on any atom is -0.400 e. The van der Waals surface area contributed by atoms with Gasteiger partial charge in [-0.2, -0.15) is 0 Å². The van der Waals surface area contributed by atoms with Crippen LogP contribution in [-0.4, -0.2) is 38.8 Å². The average Bonchev–Trinajstić information content (AvgIpc) is 2.03. The van der Waals surface area contributed by atoms with E-state index in [9.17, 15) is 10.2 Å². The molecule has 0 unspecified atom stereocenters. The molecule has 0 aromatic heterocycles. The third-order valence-electron chi connectivity index (χ3n) is 3.16. The third kappa shape index (κ3) is 2.69. The van der Waals surface area contributed by atoms with Crippen LogP contribution in [0, 0.1) is 0 Å². The van der Waals surface area contributed by atoms with Gasteiger partial charge in [0.25, 0.3) is 0 Å². The summed E-state index contributed by atoms with van der Waals surface area (Å²) in [7, 11) is -2.96. The quantitative estimate of drug-likeness (QED) is 0.683. The Kier molecular flexibility index (Phi) is 4.16. The standard InChI is InChI=1S/C8H22O2Si2/c1-8(11(2,3)6-9)12(4,5)7-10/h8-10H,6-7H2,1-5H3. The van der Waals surface area contributed by atoms with Crippen LogP contribution in [0.25, 0.3) is 0 Å². The lowest BCUT2D eigenvalue weighted by Crippen LogP contribution is -2.51. The zero-order chi connectivity index (χ0) is 9.99. The van der Waals surface area contributed by atoms with Crippen molar-refractivity contribution in [1.29, 1.82) is 0 Å². The summed E-state index contributed by atoms with van der Waals surface area (Å²) < 4.78 is 0. The minimum atomic E-state index is -1.48. The Morgan fingerprint density at radius 1 is 0.917 bits per heavy atom. The molecule has 0 heterocycles. The molecule has 0 bridgehead atoms. The molecule has 0 atom stereocenters. The van der Waals surface area contributed by atoms with Gasteiger partial charge in [-0.1, -0.05) is 33.1 Å². The molecule has 0 fully saturated rings. The van der Waals surface area contributed by atoms with Crippen molar-refractivity contribution in [1.82, 2.24) is 0 Å². The van der Waals surface area contributed by atoms with E-state index in [-0.39, 0.29) is 0 Å². The summed E-state index contributed by atoms with van der Waals surface area (Å²) in [5, 5.41) is 19.0. The molecule has 4 heteroatoms. The second-order valence-electron chi connectivity index (χ2n) is 5.02. The van der Waals surface area contributed by atoms with Crippen molar-refractivity contribution in [2.75, 3.05) is 12.5 Å². The summed E-state index contributed by atoms with van der Waals surface area (Å²) in [5.74, 6) is 0. The van der Waals surface area contributed by atoms with Crippen LogP contribution in [0.4, 0.5) is 0 Å². The molecule has 0 spiro atoms. The van der Waals surface area contributed by atoms with Gasteiger partial charge in [0.2, 0.25) is 0 Å². The summed E-state index contributed by atoms with van der Waals surface area (Å²) in [4.78, 5) is 0. The Morgan fingerprint density at radius 3 is 1.33 bits per heavy atom. The van der Waals surface area contributed by atoms with Crippen molar-refractivity contribution in [3.8, 4) is 0 Å². The fourth-order valence-electron chi connectivity index (χ4n) is 1.33. The first-order valence-corrected chi connectivity index (χ1v) is 11.1. The average molecular weight is 206 g/mol. The van der Waals surface area contributed by atoms with E-state index in [4.69, 9.17) is 0 Å². The lowest BCUT2D eigenvalue weighted by Gasteiger charge is -2.37. The second kappa shape index (κ2) is 4.04.